The maximum Gasteiger partial charge on any atom is 0.288 e. The van der Waals surface area contributed by atoms with E-state index >= 15 is 0 Å². The van der Waals surface area contributed by atoms with Crippen LogP contribution < -0.4 is 10.6 Å². The smallest absolute Gasteiger partial charge is 0.288 e. The number of carbonyl (C=O) groups is 2. The summed E-state index contributed by atoms with van der Waals surface area (Å²) in [7, 11) is 1.54. The van der Waals surface area contributed by atoms with Gasteiger partial charge in [0.2, 0.25) is 5.91 Å². The molecule has 2 N–H and O–H groups in total. The van der Waals surface area contributed by atoms with Gasteiger partial charge in [-0.05, 0) is 35.4 Å². The molecule has 2 aromatic rings. The van der Waals surface area contributed by atoms with Crippen molar-refractivity contribution >= 4 is 35.2 Å². The van der Waals surface area contributed by atoms with Crippen LogP contribution in [-0.2, 0) is 11.3 Å². The summed E-state index contributed by atoms with van der Waals surface area (Å²) in [5, 5.41) is 16.1. The van der Waals surface area contributed by atoms with E-state index in [0.717, 1.165) is 5.56 Å². The van der Waals surface area contributed by atoms with Crippen LogP contribution in [0.1, 0.15) is 21.5 Å². The number of carbonyl (C=O) groups excluding carboxylic acids is 2. The van der Waals surface area contributed by atoms with Crippen molar-refractivity contribution in [3.05, 3.63) is 80.4 Å². The van der Waals surface area contributed by atoms with Gasteiger partial charge in [-0.2, -0.15) is 0 Å². The number of nitro groups is 1. The van der Waals surface area contributed by atoms with Crippen LogP contribution in [0, 0.1) is 10.1 Å². The largest absolute Gasteiger partial charge is 0.355 e. The lowest BCUT2D eigenvalue weighted by atomic mass is 10.1. The zero-order chi connectivity index (χ0) is 19.1. The van der Waals surface area contributed by atoms with Gasteiger partial charge in [-0.25, -0.2) is 0 Å². The Hall–Kier alpha value is -3.19. The first-order chi connectivity index (χ1) is 12.4. The van der Waals surface area contributed by atoms with Crippen LogP contribution in [0.15, 0.2) is 48.5 Å². The molecule has 2 amide bonds. The molecule has 2 aromatic carbocycles. The van der Waals surface area contributed by atoms with Crippen molar-refractivity contribution in [1.29, 1.82) is 0 Å². The molecular formula is C18H16ClN3O4. The predicted octanol–water partition coefficient (Wildman–Crippen LogP) is 2.94. The molecule has 134 valence electrons. The zero-order valence-electron chi connectivity index (χ0n) is 13.9. The molecule has 0 aliphatic rings. The number of amides is 2. The van der Waals surface area contributed by atoms with Gasteiger partial charge in [-0.1, -0.05) is 29.8 Å². The molecule has 0 unspecified atom stereocenters. The molecule has 0 heterocycles. The minimum Gasteiger partial charge on any atom is -0.355 e. The van der Waals surface area contributed by atoms with E-state index in [2.05, 4.69) is 10.6 Å². The van der Waals surface area contributed by atoms with Crippen molar-refractivity contribution in [3.8, 4) is 0 Å². The fourth-order valence-corrected chi connectivity index (χ4v) is 2.35. The van der Waals surface area contributed by atoms with Gasteiger partial charge in [-0.15, -0.1) is 0 Å². The third-order valence-electron chi connectivity index (χ3n) is 3.48. The van der Waals surface area contributed by atoms with Crippen LogP contribution in [-0.4, -0.2) is 23.8 Å². The van der Waals surface area contributed by atoms with Crippen molar-refractivity contribution in [2.24, 2.45) is 0 Å². The number of nitrogens with one attached hydrogen (secondary N) is 2. The summed E-state index contributed by atoms with van der Waals surface area (Å²) in [6.07, 6.45) is 2.73. The number of benzene rings is 2. The van der Waals surface area contributed by atoms with Crippen LogP contribution in [0.5, 0.6) is 0 Å². The molecule has 0 radical (unpaired) electrons. The highest BCUT2D eigenvalue weighted by atomic mass is 35.5. The number of nitrogens with zero attached hydrogens (tertiary/aromatic N) is 1. The van der Waals surface area contributed by atoms with E-state index < -0.39 is 4.92 Å². The SMILES string of the molecule is CNC(=O)c1cccc(CNC(=O)/C=C/c2ccc(Cl)c([N+](=O)[O-])c2)c1. The monoisotopic (exact) mass is 373 g/mol. The number of halogens is 1. The Kier molecular flexibility index (Phi) is 6.46. The average molecular weight is 374 g/mol. The molecular weight excluding hydrogens is 358 g/mol. The standard InChI is InChI=1S/C18H16ClN3O4/c1-20-18(24)14-4-2-3-13(9-14)11-21-17(23)8-6-12-5-7-15(19)16(10-12)22(25)26/h2-10H,11H2,1H3,(H,20,24)(H,21,23)/b8-6+. The summed E-state index contributed by atoms with van der Waals surface area (Å²) < 4.78 is 0. The Morgan fingerprint density at radius 2 is 2.00 bits per heavy atom. The predicted molar refractivity (Wildman–Crippen MR) is 98.8 cm³/mol. The van der Waals surface area contributed by atoms with E-state index in [-0.39, 0.29) is 29.1 Å². The number of hydrogen-bond donors (Lipinski definition) is 2. The minimum absolute atomic E-state index is 0.0348. The maximum absolute atomic E-state index is 11.9. The van der Waals surface area contributed by atoms with Crippen molar-refractivity contribution in [2.45, 2.75) is 6.54 Å². The van der Waals surface area contributed by atoms with Gasteiger partial charge >= 0.3 is 0 Å². The Balaban J connectivity index is 1.99. The van der Waals surface area contributed by atoms with Crippen molar-refractivity contribution in [1.82, 2.24) is 10.6 Å². The third-order valence-corrected chi connectivity index (χ3v) is 3.80. The maximum atomic E-state index is 11.9. The quantitative estimate of drug-likeness (QED) is 0.461. The molecule has 7 nitrogen and oxygen atoms in total. The Morgan fingerprint density at radius 1 is 1.23 bits per heavy atom. The van der Waals surface area contributed by atoms with Crippen LogP contribution in [0.2, 0.25) is 5.02 Å². The normalized spacial score (nSPS) is 10.5. The summed E-state index contributed by atoms with van der Waals surface area (Å²) >= 11 is 5.74. The van der Waals surface area contributed by atoms with Crippen LogP contribution in [0.4, 0.5) is 5.69 Å². The van der Waals surface area contributed by atoms with Gasteiger partial charge < -0.3 is 10.6 Å². The van der Waals surface area contributed by atoms with Gasteiger partial charge in [-0.3, -0.25) is 19.7 Å². The Morgan fingerprint density at radius 3 is 2.69 bits per heavy atom. The third kappa shape index (κ3) is 5.15. The minimum atomic E-state index is -0.584. The molecule has 0 saturated heterocycles. The summed E-state index contributed by atoms with van der Waals surface area (Å²) in [4.78, 5) is 33.8. The van der Waals surface area contributed by atoms with Crippen molar-refractivity contribution in [3.63, 3.8) is 0 Å². The average Bonchev–Trinajstić information content (AvgIpc) is 2.65. The molecule has 8 heteroatoms. The van der Waals surface area contributed by atoms with Crippen molar-refractivity contribution < 1.29 is 14.5 Å². The second kappa shape index (κ2) is 8.77. The topological polar surface area (TPSA) is 101 Å². The Labute approximate surface area is 154 Å². The van der Waals surface area contributed by atoms with E-state index in [1.807, 2.05) is 0 Å². The molecule has 0 atom stereocenters. The number of rotatable bonds is 6. The molecule has 0 aliphatic carbocycles. The molecule has 2 rings (SSSR count). The molecule has 0 bridgehead atoms. The first-order valence-corrected chi connectivity index (χ1v) is 7.99. The van der Waals surface area contributed by atoms with Crippen molar-refractivity contribution in [2.75, 3.05) is 7.05 Å². The van der Waals surface area contributed by atoms with Gasteiger partial charge in [0.25, 0.3) is 11.6 Å². The molecule has 0 saturated carbocycles. The van der Waals surface area contributed by atoms with E-state index in [9.17, 15) is 19.7 Å². The molecule has 26 heavy (non-hydrogen) atoms. The van der Waals surface area contributed by atoms with E-state index in [1.54, 1.807) is 37.4 Å². The Bertz CT molecular complexity index is 880. The highest BCUT2D eigenvalue weighted by molar-refractivity contribution is 6.32. The second-order valence-electron chi connectivity index (χ2n) is 5.30. The highest BCUT2D eigenvalue weighted by Gasteiger charge is 2.11. The van der Waals surface area contributed by atoms with Gasteiger partial charge in [0.05, 0.1) is 4.92 Å². The fourth-order valence-electron chi connectivity index (χ4n) is 2.16. The summed E-state index contributed by atoms with van der Waals surface area (Å²) in [5.74, 6) is -0.574. The number of hydrogen-bond acceptors (Lipinski definition) is 4. The van der Waals surface area contributed by atoms with E-state index in [4.69, 9.17) is 11.6 Å². The summed E-state index contributed by atoms with van der Waals surface area (Å²) in [5.41, 5.74) is 1.54. The van der Waals surface area contributed by atoms with Crippen LogP contribution in [0.3, 0.4) is 0 Å². The lowest BCUT2D eigenvalue weighted by Crippen LogP contribution is -2.21. The summed E-state index contributed by atoms with van der Waals surface area (Å²) in [6.45, 7) is 0.245. The van der Waals surface area contributed by atoms with Gasteiger partial charge in [0.1, 0.15) is 5.02 Å². The summed E-state index contributed by atoms with van der Waals surface area (Å²) in [6, 6.07) is 11.2. The van der Waals surface area contributed by atoms with E-state index in [0.29, 0.717) is 11.1 Å². The molecule has 0 aromatic heterocycles. The number of nitro benzene ring substituents is 1. The van der Waals surface area contributed by atoms with E-state index in [1.165, 1.54) is 24.3 Å². The molecule has 0 fully saturated rings. The van der Waals surface area contributed by atoms with Gasteiger partial charge in [0, 0.05) is 31.3 Å². The zero-order valence-corrected chi connectivity index (χ0v) is 14.6. The first kappa shape index (κ1) is 19.1. The molecule has 0 aliphatic heterocycles. The first-order valence-electron chi connectivity index (χ1n) is 7.61. The van der Waals surface area contributed by atoms with Crippen LogP contribution in [0.25, 0.3) is 6.08 Å². The second-order valence-corrected chi connectivity index (χ2v) is 5.71. The lowest BCUT2D eigenvalue weighted by Gasteiger charge is -2.05. The van der Waals surface area contributed by atoms with Crippen LogP contribution >= 0.6 is 11.6 Å². The lowest BCUT2D eigenvalue weighted by molar-refractivity contribution is -0.384. The molecule has 0 spiro atoms. The van der Waals surface area contributed by atoms with Gasteiger partial charge in [0.15, 0.2) is 0 Å². The fraction of sp³-hybridized carbons (Fsp3) is 0.111. The highest BCUT2D eigenvalue weighted by Crippen LogP contribution is 2.25.